The van der Waals surface area contributed by atoms with Crippen LogP contribution in [0.5, 0.6) is 0 Å². The van der Waals surface area contributed by atoms with Crippen molar-refractivity contribution in [1.29, 1.82) is 0 Å². The lowest BCUT2D eigenvalue weighted by molar-refractivity contribution is 0.101. The highest BCUT2D eigenvalue weighted by Gasteiger charge is 2.12. The Morgan fingerprint density at radius 2 is 2.44 bits per heavy atom. The average Bonchev–Trinajstić information content (AvgIpc) is 2.87. The highest BCUT2D eigenvalue weighted by atomic mass is 32.1. The second kappa shape index (κ2) is 4.40. The van der Waals surface area contributed by atoms with Crippen molar-refractivity contribution in [3.63, 3.8) is 0 Å². The number of aryl methyl sites for hydroxylation is 2. The molecule has 2 aromatic heterocycles. The molecule has 0 spiro atoms. The van der Waals surface area contributed by atoms with Crippen molar-refractivity contribution in [3.05, 3.63) is 22.7 Å². The van der Waals surface area contributed by atoms with Gasteiger partial charge in [-0.15, -0.1) is 11.3 Å². The zero-order valence-electron chi connectivity index (χ0n) is 8.94. The van der Waals surface area contributed by atoms with Gasteiger partial charge in [-0.05, 0) is 13.3 Å². The summed E-state index contributed by atoms with van der Waals surface area (Å²) in [4.78, 5) is 20.8. The molecule has 0 aliphatic heterocycles. The van der Waals surface area contributed by atoms with E-state index in [9.17, 15) is 4.79 Å². The number of amides is 1. The molecule has 0 aromatic carbocycles. The molecule has 16 heavy (non-hydrogen) atoms. The van der Waals surface area contributed by atoms with Crippen molar-refractivity contribution >= 4 is 22.4 Å². The van der Waals surface area contributed by atoms with Gasteiger partial charge in [0, 0.05) is 4.88 Å². The molecule has 6 nitrogen and oxygen atoms in total. The van der Waals surface area contributed by atoms with Gasteiger partial charge in [0.2, 0.25) is 5.82 Å². The minimum absolute atomic E-state index is 0.186. The van der Waals surface area contributed by atoms with Crippen LogP contribution in [-0.4, -0.2) is 26.1 Å². The van der Waals surface area contributed by atoms with Crippen LogP contribution in [0.3, 0.4) is 0 Å². The number of nitrogens with zero attached hydrogens (tertiary/aromatic N) is 3. The molecule has 0 aliphatic carbocycles. The second-order valence-electron chi connectivity index (χ2n) is 3.16. The van der Waals surface area contributed by atoms with Crippen LogP contribution in [0.1, 0.15) is 28.1 Å². The van der Waals surface area contributed by atoms with Crippen molar-refractivity contribution in [1.82, 2.24) is 20.2 Å². The number of aromatic nitrogens is 4. The van der Waals surface area contributed by atoms with Crippen molar-refractivity contribution in [2.75, 3.05) is 5.32 Å². The summed E-state index contributed by atoms with van der Waals surface area (Å²) in [7, 11) is 0. The summed E-state index contributed by atoms with van der Waals surface area (Å²) in [6.07, 6.45) is 2.15. The standard InChI is InChI=1S/C9H11N5OS/c1-3-6-5(2)16-9(12-6)13-8(15)7-10-4-11-14-7/h4H,3H2,1-2H3,(H,10,11,14)(H,12,13,15). The molecule has 0 fully saturated rings. The smallest absolute Gasteiger partial charge is 0.294 e. The third-order valence-corrected chi connectivity index (χ3v) is 3.01. The lowest BCUT2D eigenvalue weighted by Crippen LogP contribution is -2.13. The van der Waals surface area contributed by atoms with E-state index in [0.29, 0.717) is 5.13 Å². The summed E-state index contributed by atoms with van der Waals surface area (Å²) in [5, 5.41) is 9.37. The molecule has 7 heteroatoms. The van der Waals surface area contributed by atoms with Gasteiger partial charge in [0.05, 0.1) is 5.69 Å². The van der Waals surface area contributed by atoms with Crippen molar-refractivity contribution < 1.29 is 4.79 Å². The maximum atomic E-state index is 11.6. The van der Waals surface area contributed by atoms with E-state index >= 15 is 0 Å². The Morgan fingerprint density at radius 3 is 3.00 bits per heavy atom. The molecular weight excluding hydrogens is 226 g/mol. The molecule has 0 bridgehead atoms. The highest BCUT2D eigenvalue weighted by Crippen LogP contribution is 2.22. The van der Waals surface area contributed by atoms with E-state index in [1.54, 1.807) is 0 Å². The Balaban J connectivity index is 2.12. The number of hydrogen-bond donors (Lipinski definition) is 2. The number of H-pyrrole nitrogens is 1. The van der Waals surface area contributed by atoms with E-state index in [-0.39, 0.29) is 11.7 Å². The number of thiazole rings is 1. The largest absolute Gasteiger partial charge is 0.295 e. The SMILES string of the molecule is CCc1nc(NC(=O)c2ncn[nH]2)sc1C. The summed E-state index contributed by atoms with van der Waals surface area (Å²) in [6, 6.07) is 0. The first-order valence-corrected chi connectivity index (χ1v) is 5.65. The van der Waals surface area contributed by atoms with Crippen LogP contribution in [-0.2, 0) is 6.42 Å². The third kappa shape index (κ3) is 2.08. The fourth-order valence-electron chi connectivity index (χ4n) is 1.28. The molecule has 0 aliphatic rings. The van der Waals surface area contributed by atoms with Gasteiger partial charge in [0.15, 0.2) is 5.13 Å². The van der Waals surface area contributed by atoms with Crippen LogP contribution in [0.4, 0.5) is 5.13 Å². The third-order valence-electron chi connectivity index (χ3n) is 2.08. The van der Waals surface area contributed by atoms with Gasteiger partial charge >= 0.3 is 0 Å². The first-order chi connectivity index (χ1) is 7.70. The molecule has 0 atom stereocenters. The summed E-state index contributed by atoms with van der Waals surface area (Å²) in [5.41, 5.74) is 1.01. The first-order valence-electron chi connectivity index (χ1n) is 4.83. The molecule has 0 unspecified atom stereocenters. The Kier molecular flexibility index (Phi) is 2.95. The van der Waals surface area contributed by atoms with Gasteiger partial charge in [0.1, 0.15) is 6.33 Å². The highest BCUT2D eigenvalue weighted by molar-refractivity contribution is 7.15. The van der Waals surface area contributed by atoms with Gasteiger partial charge in [-0.1, -0.05) is 6.92 Å². The van der Waals surface area contributed by atoms with Crippen molar-refractivity contribution in [2.24, 2.45) is 0 Å². The van der Waals surface area contributed by atoms with Gasteiger partial charge in [-0.2, -0.15) is 5.10 Å². The fourth-order valence-corrected chi connectivity index (χ4v) is 2.18. The number of carbonyl (C=O) groups is 1. The second-order valence-corrected chi connectivity index (χ2v) is 4.37. The minimum atomic E-state index is -0.325. The Morgan fingerprint density at radius 1 is 1.62 bits per heavy atom. The molecule has 2 rings (SSSR count). The molecule has 2 aromatic rings. The number of rotatable bonds is 3. The molecule has 0 radical (unpaired) electrons. The maximum Gasteiger partial charge on any atom is 0.294 e. The van der Waals surface area contributed by atoms with Gasteiger partial charge in [-0.3, -0.25) is 15.2 Å². The van der Waals surface area contributed by atoms with E-state index in [4.69, 9.17) is 0 Å². The minimum Gasteiger partial charge on any atom is -0.295 e. The fraction of sp³-hybridized carbons (Fsp3) is 0.333. The molecule has 0 saturated carbocycles. The van der Waals surface area contributed by atoms with E-state index < -0.39 is 0 Å². The molecule has 0 saturated heterocycles. The number of aromatic amines is 1. The number of nitrogens with one attached hydrogen (secondary N) is 2. The Hall–Kier alpha value is -1.76. The van der Waals surface area contributed by atoms with Gasteiger partial charge in [0.25, 0.3) is 5.91 Å². The van der Waals surface area contributed by atoms with Crippen molar-refractivity contribution in [3.8, 4) is 0 Å². The van der Waals surface area contributed by atoms with Crippen LogP contribution < -0.4 is 5.32 Å². The van der Waals surface area contributed by atoms with Crippen LogP contribution in [0.15, 0.2) is 6.33 Å². The summed E-state index contributed by atoms with van der Waals surface area (Å²) < 4.78 is 0. The number of hydrogen-bond acceptors (Lipinski definition) is 5. The number of anilines is 1. The van der Waals surface area contributed by atoms with Gasteiger partial charge < -0.3 is 0 Å². The lowest BCUT2D eigenvalue weighted by Gasteiger charge is -1.96. The maximum absolute atomic E-state index is 11.6. The average molecular weight is 237 g/mol. The van der Waals surface area contributed by atoms with Crippen molar-refractivity contribution in [2.45, 2.75) is 20.3 Å². The normalized spacial score (nSPS) is 10.4. The molecule has 84 valence electrons. The molecule has 2 heterocycles. The zero-order valence-corrected chi connectivity index (χ0v) is 9.76. The van der Waals surface area contributed by atoms with Crippen LogP contribution in [0, 0.1) is 6.92 Å². The Bertz CT molecular complexity index is 490. The predicted octanol–water partition coefficient (Wildman–Crippen LogP) is 1.38. The van der Waals surface area contributed by atoms with Gasteiger partial charge in [-0.25, -0.2) is 9.97 Å². The Labute approximate surface area is 96.1 Å². The number of carbonyl (C=O) groups excluding carboxylic acids is 1. The van der Waals surface area contributed by atoms with E-state index in [2.05, 4.69) is 25.5 Å². The van der Waals surface area contributed by atoms with E-state index in [1.165, 1.54) is 17.7 Å². The van der Waals surface area contributed by atoms with Crippen LogP contribution in [0.25, 0.3) is 0 Å². The quantitative estimate of drug-likeness (QED) is 0.844. The van der Waals surface area contributed by atoms with E-state index in [1.807, 2.05) is 13.8 Å². The summed E-state index contributed by atoms with van der Waals surface area (Å²) in [6.45, 7) is 4.02. The van der Waals surface area contributed by atoms with E-state index in [0.717, 1.165) is 17.0 Å². The van der Waals surface area contributed by atoms with Crippen LogP contribution >= 0.6 is 11.3 Å². The monoisotopic (exact) mass is 237 g/mol. The summed E-state index contributed by atoms with van der Waals surface area (Å²) >= 11 is 1.46. The van der Waals surface area contributed by atoms with Crippen LogP contribution in [0.2, 0.25) is 0 Å². The predicted molar refractivity (Wildman–Crippen MR) is 60.6 cm³/mol. The zero-order chi connectivity index (χ0) is 11.5. The molecule has 1 amide bonds. The molecule has 2 N–H and O–H groups in total. The topological polar surface area (TPSA) is 83.6 Å². The lowest BCUT2D eigenvalue weighted by atomic mass is 10.3. The first kappa shape index (κ1) is 10.7. The summed E-state index contributed by atoms with van der Waals surface area (Å²) in [5.74, 6) is -0.139. The molecular formula is C9H11N5OS.